The highest BCUT2D eigenvalue weighted by atomic mass is 32.2. The molecule has 168 valence electrons. The minimum absolute atomic E-state index is 0.163. The van der Waals surface area contributed by atoms with Gasteiger partial charge in [0.05, 0.1) is 24.7 Å². The van der Waals surface area contributed by atoms with Gasteiger partial charge in [0.1, 0.15) is 10.6 Å². The van der Waals surface area contributed by atoms with Crippen LogP contribution in [0.15, 0.2) is 48.7 Å². The summed E-state index contributed by atoms with van der Waals surface area (Å²) in [4.78, 5) is 24.9. The minimum Gasteiger partial charge on any atom is -0.481 e. The Morgan fingerprint density at radius 3 is 2.22 bits per heavy atom. The van der Waals surface area contributed by atoms with Crippen LogP contribution in [0.3, 0.4) is 0 Å². The number of rotatable bonds is 6. The van der Waals surface area contributed by atoms with Gasteiger partial charge in [-0.25, -0.2) is 28.2 Å². The summed E-state index contributed by atoms with van der Waals surface area (Å²) in [5.41, 5.74) is 7.87. The van der Waals surface area contributed by atoms with Crippen molar-refractivity contribution in [2.24, 2.45) is 0 Å². The lowest BCUT2D eigenvalue weighted by Gasteiger charge is -2.22. The molecule has 1 aromatic carbocycles. The maximum Gasteiger partial charge on any atom is 0.323 e. The molecule has 10 nitrogen and oxygen atoms in total. The highest BCUT2D eigenvalue weighted by Crippen LogP contribution is 2.30. The zero-order valence-corrected chi connectivity index (χ0v) is 18.9. The molecular weight excluding hydrogens is 432 g/mol. The van der Waals surface area contributed by atoms with Crippen LogP contribution < -0.4 is 21.1 Å². The number of carbonyl (C=O) groups is 1. The van der Waals surface area contributed by atoms with Crippen LogP contribution in [0.5, 0.6) is 5.88 Å². The molecule has 0 aliphatic heterocycles. The van der Waals surface area contributed by atoms with Crippen molar-refractivity contribution in [1.29, 1.82) is 0 Å². The largest absolute Gasteiger partial charge is 0.481 e. The van der Waals surface area contributed by atoms with Gasteiger partial charge in [0.25, 0.3) is 0 Å². The molecule has 0 saturated carbocycles. The first-order valence-electron chi connectivity index (χ1n) is 9.53. The maximum absolute atomic E-state index is 12.2. The first-order chi connectivity index (χ1) is 15.0. The highest BCUT2D eigenvalue weighted by Gasteiger charge is 2.34. The first kappa shape index (κ1) is 22.9. The topological polar surface area (TPSA) is 149 Å². The molecule has 2 heterocycles. The number of nitrogens with two attached hydrogens (primary N) is 1. The van der Waals surface area contributed by atoms with E-state index >= 15 is 0 Å². The number of sulfone groups is 1. The Morgan fingerprint density at radius 1 is 1.03 bits per heavy atom. The third-order valence-electron chi connectivity index (χ3n) is 4.89. The van der Waals surface area contributed by atoms with Crippen molar-refractivity contribution in [3.63, 3.8) is 0 Å². The average molecular weight is 457 g/mol. The van der Waals surface area contributed by atoms with Crippen molar-refractivity contribution in [2.75, 3.05) is 29.7 Å². The molecule has 32 heavy (non-hydrogen) atoms. The Kier molecular flexibility index (Phi) is 6.30. The lowest BCUT2D eigenvalue weighted by atomic mass is 10.1. The number of nitrogens with one attached hydrogen (secondary N) is 2. The fourth-order valence-corrected chi connectivity index (χ4v) is 3.15. The predicted octanol–water partition coefficient (Wildman–Crippen LogP) is 3.05. The zero-order chi connectivity index (χ0) is 23.5. The molecule has 0 unspecified atom stereocenters. The van der Waals surface area contributed by atoms with Gasteiger partial charge in [-0.2, -0.15) is 0 Å². The summed E-state index contributed by atoms with van der Waals surface area (Å²) in [6, 6.07) is 11.1. The van der Waals surface area contributed by atoms with E-state index in [0.717, 1.165) is 6.26 Å². The Bertz CT molecular complexity index is 1230. The third kappa shape index (κ3) is 5.11. The number of nitrogens with zero attached hydrogens (tertiary/aromatic N) is 3. The number of carbonyl (C=O) groups excluding carboxylic acids is 1. The summed E-state index contributed by atoms with van der Waals surface area (Å²) in [6.45, 7) is 3.13. The van der Waals surface area contributed by atoms with Gasteiger partial charge in [0.2, 0.25) is 5.88 Å². The van der Waals surface area contributed by atoms with E-state index in [-0.39, 0.29) is 11.6 Å². The maximum atomic E-state index is 12.2. The number of amides is 2. The first-order valence-corrected chi connectivity index (χ1v) is 11.4. The molecule has 0 fully saturated rings. The van der Waals surface area contributed by atoms with E-state index in [1.807, 2.05) is 0 Å². The molecule has 0 bridgehead atoms. The summed E-state index contributed by atoms with van der Waals surface area (Å²) < 4.78 is 28.1. The predicted molar refractivity (Wildman–Crippen MR) is 123 cm³/mol. The molecule has 0 spiro atoms. The number of methoxy groups -OCH3 is 1. The van der Waals surface area contributed by atoms with E-state index in [2.05, 4.69) is 25.6 Å². The molecular formula is C21H24N6O4S. The molecule has 4 N–H and O–H groups in total. The Labute approximate surface area is 186 Å². The molecule has 2 aromatic heterocycles. The van der Waals surface area contributed by atoms with Crippen LogP contribution in [0.1, 0.15) is 19.5 Å². The monoisotopic (exact) mass is 456 g/mol. The number of aromatic nitrogens is 3. The van der Waals surface area contributed by atoms with Crippen LogP contribution in [0.4, 0.5) is 22.0 Å². The number of hydrogen-bond acceptors (Lipinski definition) is 8. The number of pyridine rings is 1. The summed E-state index contributed by atoms with van der Waals surface area (Å²) in [5, 5.41) is 5.38. The SMILES string of the molecule is COc1ccc(NC(=O)Nc2ccc(-c3nc(N)cc(C(C)(C)S(C)(=O)=O)n3)cc2)cn1. The normalized spacial score (nSPS) is 11.6. The van der Waals surface area contributed by atoms with Crippen LogP contribution in [-0.2, 0) is 14.6 Å². The lowest BCUT2D eigenvalue weighted by Crippen LogP contribution is -2.29. The zero-order valence-electron chi connectivity index (χ0n) is 18.1. The Balaban J connectivity index is 1.76. The molecule has 0 atom stereocenters. The van der Waals surface area contributed by atoms with Crippen LogP contribution in [0.25, 0.3) is 11.4 Å². The van der Waals surface area contributed by atoms with Gasteiger partial charge >= 0.3 is 6.03 Å². The van der Waals surface area contributed by atoms with Gasteiger partial charge in [-0.05, 0) is 44.2 Å². The second-order valence-corrected chi connectivity index (χ2v) is 10.1. The summed E-state index contributed by atoms with van der Waals surface area (Å²) in [6.07, 6.45) is 2.63. The van der Waals surface area contributed by atoms with E-state index in [9.17, 15) is 13.2 Å². The van der Waals surface area contributed by atoms with Gasteiger partial charge in [0.15, 0.2) is 15.7 Å². The molecule has 3 rings (SSSR count). The minimum atomic E-state index is -3.43. The Morgan fingerprint density at radius 2 is 1.66 bits per heavy atom. The van der Waals surface area contributed by atoms with Crippen LogP contribution in [0.2, 0.25) is 0 Å². The molecule has 0 saturated heterocycles. The van der Waals surface area contributed by atoms with E-state index in [1.54, 1.807) is 50.2 Å². The van der Waals surface area contributed by atoms with Crippen molar-refractivity contribution in [3.05, 3.63) is 54.4 Å². The van der Waals surface area contributed by atoms with Crippen molar-refractivity contribution in [3.8, 4) is 17.3 Å². The summed E-state index contributed by atoms with van der Waals surface area (Å²) in [5.74, 6) is 0.895. The average Bonchev–Trinajstić information content (AvgIpc) is 2.73. The summed E-state index contributed by atoms with van der Waals surface area (Å²) >= 11 is 0. The number of urea groups is 1. The van der Waals surface area contributed by atoms with Gasteiger partial charge in [0, 0.05) is 29.6 Å². The van der Waals surface area contributed by atoms with Crippen LogP contribution >= 0.6 is 0 Å². The van der Waals surface area contributed by atoms with E-state index in [1.165, 1.54) is 19.4 Å². The second-order valence-electron chi connectivity index (χ2n) is 7.53. The fraction of sp³-hybridized carbons (Fsp3) is 0.238. The number of nitrogen functional groups attached to an aromatic ring is 1. The molecule has 0 radical (unpaired) electrons. The highest BCUT2D eigenvalue weighted by molar-refractivity contribution is 7.91. The molecule has 0 aliphatic carbocycles. The second kappa shape index (κ2) is 8.79. The number of hydrogen-bond donors (Lipinski definition) is 3. The van der Waals surface area contributed by atoms with Gasteiger partial charge in [-0.15, -0.1) is 0 Å². The third-order valence-corrected chi connectivity index (χ3v) is 6.96. The quantitative estimate of drug-likeness (QED) is 0.512. The van der Waals surface area contributed by atoms with Crippen molar-refractivity contribution in [2.45, 2.75) is 18.6 Å². The van der Waals surface area contributed by atoms with Crippen molar-refractivity contribution < 1.29 is 17.9 Å². The molecule has 2 amide bonds. The molecule has 3 aromatic rings. The lowest BCUT2D eigenvalue weighted by molar-refractivity contribution is 0.262. The van der Waals surface area contributed by atoms with Crippen LogP contribution in [0, 0.1) is 0 Å². The number of ether oxygens (including phenoxy) is 1. The number of benzene rings is 1. The summed E-state index contributed by atoms with van der Waals surface area (Å²) in [7, 11) is -1.92. The van der Waals surface area contributed by atoms with Gasteiger partial charge in [-0.3, -0.25) is 0 Å². The van der Waals surface area contributed by atoms with E-state index in [0.29, 0.717) is 28.5 Å². The van der Waals surface area contributed by atoms with E-state index in [4.69, 9.17) is 10.5 Å². The molecule has 0 aliphatic rings. The molecule has 11 heteroatoms. The van der Waals surface area contributed by atoms with Gasteiger partial charge < -0.3 is 21.1 Å². The standard InChI is InChI=1S/C21H24N6O4S/c1-21(2,32(4,29)30)16-11-17(22)27-19(26-16)13-5-7-14(8-6-13)24-20(28)25-15-9-10-18(31-3)23-12-15/h5-12H,1-4H3,(H2,22,26,27)(H2,24,25,28). The Hall–Kier alpha value is -3.73. The van der Waals surface area contributed by atoms with Crippen molar-refractivity contribution in [1.82, 2.24) is 15.0 Å². The van der Waals surface area contributed by atoms with Crippen molar-refractivity contribution >= 4 is 33.1 Å². The fourth-order valence-electron chi connectivity index (χ4n) is 2.66. The number of anilines is 3. The smallest absolute Gasteiger partial charge is 0.323 e. The van der Waals surface area contributed by atoms with Crippen LogP contribution in [-0.4, -0.2) is 42.8 Å². The van der Waals surface area contributed by atoms with E-state index < -0.39 is 20.6 Å². The van der Waals surface area contributed by atoms with Gasteiger partial charge in [-0.1, -0.05) is 0 Å².